The molecule has 0 bridgehead atoms. The summed E-state index contributed by atoms with van der Waals surface area (Å²) in [5, 5.41) is 21.7. The van der Waals surface area contributed by atoms with Crippen LogP contribution in [0.2, 0.25) is 0 Å². The molecule has 0 fully saturated rings. The van der Waals surface area contributed by atoms with Gasteiger partial charge in [-0.1, -0.05) is 69.3 Å². The molecule has 0 atom stereocenters. The summed E-state index contributed by atoms with van der Waals surface area (Å²) in [7, 11) is 0. The molecule has 28 heavy (non-hydrogen) atoms. The van der Waals surface area contributed by atoms with Gasteiger partial charge in [-0.3, -0.25) is 5.10 Å². The Hall–Kier alpha value is -3.27. The predicted octanol–water partition coefficient (Wildman–Crippen LogP) is 5.85. The van der Waals surface area contributed by atoms with Crippen LogP contribution in [-0.2, 0) is 12.0 Å². The molecule has 0 saturated carbocycles. The summed E-state index contributed by atoms with van der Waals surface area (Å²) in [6.45, 7) is 7.26. The van der Waals surface area contributed by atoms with Gasteiger partial charge >= 0.3 is 0 Å². The maximum atomic E-state index is 9.66. The number of phenols is 1. The van der Waals surface area contributed by atoms with Gasteiger partial charge in [0.25, 0.3) is 0 Å². The van der Waals surface area contributed by atoms with E-state index in [1.807, 2.05) is 24.3 Å². The van der Waals surface area contributed by atoms with E-state index in [4.69, 9.17) is 0 Å². The van der Waals surface area contributed by atoms with Gasteiger partial charge in [0.15, 0.2) is 5.82 Å². The first-order valence-electron chi connectivity index (χ1n) is 9.51. The lowest BCUT2D eigenvalue weighted by Crippen LogP contribution is -2.10. The molecule has 0 radical (unpaired) electrons. The average molecular weight is 371 g/mol. The zero-order chi connectivity index (χ0) is 19.7. The second-order valence-electron chi connectivity index (χ2n) is 8.15. The Morgan fingerprint density at radius 2 is 1.71 bits per heavy atom. The number of aromatic hydroxyl groups is 1. The third-order valence-corrected chi connectivity index (χ3v) is 5.02. The standard InChI is InChI=1S/C24H25N3O/c1-24(2,3)18-12-10-17(11-13-18)20-8-5-9-21-22(20)23(27-26-21)25-15-16-6-4-7-19(28)14-16/h4-14,28H,15H2,1-3H3,(H2,25,26,27). The molecular weight excluding hydrogens is 346 g/mol. The number of anilines is 1. The largest absolute Gasteiger partial charge is 0.508 e. The maximum absolute atomic E-state index is 9.66. The van der Waals surface area contributed by atoms with Gasteiger partial charge in [-0.2, -0.15) is 5.10 Å². The van der Waals surface area contributed by atoms with Crippen LogP contribution in [-0.4, -0.2) is 15.3 Å². The number of nitrogens with zero attached hydrogens (tertiary/aromatic N) is 1. The van der Waals surface area contributed by atoms with Gasteiger partial charge in [-0.25, -0.2) is 0 Å². The maximum Gasteiger partial charge on any atom is 0.156 e. The zero-order valence-corrected chi connectivity index (χ0v) is 16.5. The zero-order valence-electron chi connectivity index (χ0n) is 16.5. The highest BCUT2D eigenvalue weighted by Gasteiger charge is 2.15. The van der Waals surface area contributed by atoms with E-state index in [1.165, 1.54) is 11.1 Å². The molecule has 0 spiro atoms. The molecule has 0 aliphatic carbocycles. The first-order chi connectivity index (χ1) is 13.4. The number of nitrogens with one attached hydrogen (secondary N) is 2. The number of benzene rings is 3. The normalized spacial score (nSPS) is 11.7. The van der Waals surface area contributed by atoms with Crippen molar-refractivity contribution in [1.82, 2.24) is 10.2 Å². The minimum Gasteiger partial charge on any atom is -0.508 e. The third-order valence-electron chi connectivity index (χ3n) is 5.02. The van der Waals surface area contributed by atoms with Crippen molar-refractivity contribution in [1.29, 1.82) is 0 Å². The smallest absolute Gasteiger partial charge is 0.156 e. The molecule has 0 unspecified atom stereocenters. The molecule has 3 aromatic carbocycles. The van der Waals surface area contributed by atoms with Crippen LogP contribution in [0.3, 0.4) is 0 Å². The molecule has 4 aromatic rings. The van der Waals surface area contributed by atoms with Crippen molar-refractivity contribution in [3.63, 3.8) is 0 Å². The number of aromatic nitrogens is 2. The van der Waals surface area contributed by atoms with E-state index in [0.29, 0.717) is 6.54 Å². The molecule has 4 rings (SSSR count). The van der Waals surface area contributed by atoms with Crippen molar-refractivity contribution < 1.29 is 5.11 Å². The predicted molar refractivity (Wildman–Crippen MR) is 116 cm³/mol. The number of rotatable bonds is 4. The van der Waals surface area contributed by atoms with E-state index in [2.05, 4.69) is 66.6 Å². The first kappa shape index (κ1) is 18.1. The van der Waals surface area contributed by atoms with Crippen molar-refractivity contribution >= 4 is 16.7 Å². The van der Waals surface area contributed by atoms with Gasteiger partial charge in [-0.15, -0.1) is 0 Å². The molecule has 4 nitrogen and oxygen atoms in total. The Morgan fingerprint density at radius 1 is 0.964 bits per heavy atom. The van der Waals surface area contributed by atoms with Crippen LogP contribution in [0.5, 0.6) is 5.75 Å². The van der Waals surface area contributed by atoms with Crippen molar-refractivity contribution in [2.24, 2.45) is 0 Å². The number of hydrogen-bond donors (Lipinski definition) is 3. The number of aromatic amines is 1. The van der Waals surface area contributed by atoms with Gasteiger partial charge in [0.05, 0.1) is 10.9 Å². The van der Waals surface area contributed by atoms with Gasteiger partial charge < -0.3 is 10.4 Å². The topological polar surface area (TPSA) is 60.9 Å². The molecule has 4 heteroatoms. The summed E-state index contributed by atoms with van der Waals surface area (Å²) in [4.78, 5) is 0. The summed E-state index contributed by atoms with van der Waals surface area (Å²) in [6, 6.07) is 22.2. The Morgan fingerprint density at radius 3 is 2.43 bits per heavy atom. The van der Waals surface area contributed by atoms with E-state index in [9.17, 15) is 5.11 Å². The fraction of sp³-hybridized carbons (Fsp3) is 0.208. The summed E-state index contributed by atoms with van der Waals surface area (Å²) in [6.07, 6.45) is 0. The number of hydrogen-bond acceptors (Lipinski definition) is 3. The number of fused-ring (bicyclic) bond motifs is 1. The van der Waals surface area contributed by atoms with Crippen LogP contribution < -0.4 is 5.32 Å². The van der Waals surface area contributed by atoms with E-state index >= 15 is 0 Å². The fourth-order valence-electron chi connectivity index (χ4n) is 3.44. The highest BCUT2D eigenvalue weighted by molar-refractivity contribution is 6.02. The van der Waals surface area contributed by atoms with Crippen molar-refractivity contribution in [3.8, 4) is 16.9 Å². The fourth-order valence-corrected chi connectivity index (χ4v) is 3.44. The lowest BCUT2D eigenvalue weighted by atomic mass is 9.86. The monoisotopic (exact) mass is 371 g/mol. The molecule has 1 aromatic heterocycles. The van der Waals surface area contributed by atoms with E-state index in [-0.39, 0.29) is 11.2 Å². The van der Waals surface area contributed by atoms with E-state index in [0.717, 1.165) is 27.8 Å². The van der Waals surface area contributed by atoms with Crippen molar-refractivity contribution in [2.45, 2.75) is 32.7 Å². The summed E-state index contributed by atoms with van der Waals surface area (Å²) in [5.41, 5.74) is 5.76. The molecule has 0 aliphatic heterocycles. The Kier molecular flexibility index (Phi) is 4.55. The molecule has 0 saturated heterocycles. The minimum absolute atomic E-state index is 0.133. The van der Waals surface area contributed by atoms with Crippen LogP contribution in [0.1, 0.15) is 31.9 Å². The number of phenolic OH excluding ortho intramolecular Hbond substituents is 1. The summed E-state index contributed by atoms with van der Waals surface area (Å²) < 4.78 is 0. The van der Waals surface area contributed by atoms with Crippen LogP contribution in [0.25, 0.3) is 22.0 Å². The van der Waals surface area contributed by atoms with Gasteiger partial charge in [-0.05, 0) is 45.9 Å². The van der Waals surface area contributed by atoms with E-state index < -0.39 is 0 Å². The summed E-state index contributed by atoms with van der Waals surface area (Å²) in [5.74, 6) is 1.08. The van der Waals surface area contributed by atoms with Crippen LogP contribution >= 0.6 is 0 Å². The second kappa shape index (κ2) is 7.04. The SMILES string of the molecule is CC(C)(C)c1ccc(-c2cccc3[nH]nc(NCc4cccc(O)c4)c23)cc1. The lowest BCUT2D eigenvalue weighted by Gasteiger charge is -2.19. The van der Waals surface area contributed by atoms with E-state index in [1.54, 1.807) is 12.1 Å². The van der Waals surface area contributed by atoms with Crippen LogP contribution in [0.15, 0.2) is 66.7 Å². The molecule has 1 heterocycles. The molecular formula is C24H25N3O. The van der Waals surface area contributed by atoms with Crippen LogP contribution in [0.4, 0.5) is 5.82 Å². The van der Waals surface area contributed by atoms with Crippen molar-refractivity contribution in [3.05, 3.63) is 77.9 Å². The molecule has 3 N–H and O–H groups in total. The lowest BCUT2D eigenvalue weighted by molar-refractivity contribution is 0.474. The van der Waals surface area contributed by atoms with Gasteiger partial charge in [0, 0.05) is 6.54 Å². The van der Waals surface area contributed by atoms with Gasteiger partial charge in [0.2, 0.25) is 0 Å². The third kappa shape index (κ3) is 3.58. The highest BCUT2D eigenvalue weighted by Crippen LogP contribution is 2.34. The van der Waals surface area contributed by atoms with Gasteiger partial charge in [0.1, 0.15) is 5.75 Å². The molecule has 0 aliphatic rings. The van der Waals surface area contributed by atoms with Crippen LogP contribution in [0, 0.1) is 0 Å². The highest BCUT2D eigenvalue weighted by atomic mass is 16.3. The summed E-state index contributed by atoms with van der Waals surface area (Å²) >= 11 is 0. The second-order valence-corrected chi connectivity index (χ2v) is 8.15. The Bertz CT molecular complexity index is 1100. The molecule has 0 amide bonds. The number of H-pyrrole nitrogens is 1. The average Bonchev–Trinajstić information content (AvgIpc) is 3.09. The Labute approximate surface area is 165 Å². The molecule has 142 valence electrons. The minimum atomic E-state index is 0.133. The van der Waals surface area contributed by atoms with Crippen molar-refractivity contribution in [2.75, 3.05) is 5.32 Å². The Balaban J connectivity index is 1.69. The first-order valence-corrected chi connectivity index (χ1v) is 9.51. The quantitative estimate of drug-likeness (QED) is 0.422.